The van der Waals surface area contributed by atoms with Crippen molar-refractivity contribution in [2.75, 3.05) is 0 Å². The highest BCUT2D eigenvalue weighted by atomic mass is 19.4. The van der Waals surface area contributed by atoms with Crippen molar-refractivity contribution in [1.29, 1.82) is 5.26 Å². The van der Waals surface area contributed by atoms with Crippen LogP contribution < -0.4 is 5.32 Å². The molecule has 1 aromatic carbocycles. The molecule has 0 bridgehead atoms. The van der Waals surface area contributed by atoms with E-state index < -0.39 is 24.0 Å². The Morgan fingerprint density at radius 1 is 1.29 bits per heavy atom. The third-order valence-electron chi connectivity index (χ3n) is 3.17. The van der Waals surface area contributed by atoms with Gasteiger partial charge in [0.25, 0.3) is 5.91 Å². The number of nitrogens with one attached hydrogen (secondary N) is 1. The number of rotatable bonds is 4. The molecule has 1 heterocycles. The van der Waals surface area contributed by atoms with E-state index in [0.29, 0.717) is 0 Å². The number of hydrogen-bond acceptors (Lipinski definition) is 5. The average molecular weight is 338 g/mol. The zero-order valence-electron chi connectivity index (χ0n) is 12.8. The molecule has 0 saturated heterocycles. The predicted molar refractivity (Wildman–Crippen MR) is 76.4 cm³/mol. The van der Waals surface area contributed by atoms with Crippen molar-refractivity contribution < 1.29 is 22.5 Å². The summed E-state index contributed by atoms with van der Waals surface area (Å²) in [6.07, 6.45) is -4.71. The lowest BCUT2D eigenvalue weighted by Gasteiger charge is -2.14. The molecule has 2 rings (SSSR count). The second-order valence-electron chi connectivity index (χ2n) is 5.32. The highest BCUT2D eigenvalue weighted by Crippen LogP contribution is 2.29. The quantitative estimate of drug-likeness (QED) is 0.925. The minimum Gasteiger partial charge on any atom is -0.336 e. The van der Waals surface area contributed by atoms with Crippen LogP contribution in [0.3, 0.4) is 0 Å². The van der Waals surface area contributed by atoms with Crippen molar-refractivity contribution >= 4 is 5.91 Å². The first-order valence-corrected chi connectivity index (χ1v) is 6.94. The molecule has 9 heteroatoms. The molecule has 1 aromatic heterocycles. The minimum absolute atomic E-state index is 0.0571. The summed E-state index contributed by atoms with van der Waals surface area (Å²) in [6, 6.07) is 6.96. The molecule has 0 radical (unpaired) electrons. The van der Waals surface area contributed by atoms with Crippen molar-refractivity contribution in [3.05, 3.63) is 35.7 Å². The number of carbonyl (C=O) groups excluding carboxylic acids is 1. The zero-order valence-corrected chi connectivity index (χ0v) is 12.8. The van der Waals surface area contributed by atoms with Crippen molar-refractivity contribution in [2.45, 2.75) is 26.1 Å². The summed E-state index contributed by atoms with van der Waals surface area (Å²) in [5.74, 6) is -2.18. The van der Waals surface area contributed by atoms with Gasteiger partial charge in [0, 0.05) is 11.1 Å². The fourth-order valence-corrected chi connectivity index (χ4v) is 1.80. The summed E-state index contributed by atoms with van der Waals surface area (Å²) in [6.45, 7) is 3.59. The summed E-state index contributed by atoms with van der Waals surface area (Å²) in [7, 11) is 0. The Balaban J connectivity index is 2.15. The van der Waals surface area contributed by atoms with Crippen LogP contribution in [0.5, 0.6) is 0 Å². The summed E-state index contributed by atoms with van der Waals surface area (Å²) in [5.41, 5.74) is 0.533. The average Bonchev–Trinajstić information content (AvgIpc) is 3.02. The fourth-order valence-electron chi connectivity index (χ4n) is 1.80. The van der Waals surface area contributed by atoms with Crippen molar-refractivity contribution in [3.63, 3.8) is 0 Å². The molecule has 0 aliphatic carbocycles. The van der Waals surface area contributed by atoms with Crippen molar-refractivity contribution in [3.8, 4) is 17.5 Å². The number of carbonyl (C=O) groups is 1. The molecule has 24 heavy (non-hydrogen) atoms. The lowest BCUT2D eigenvalue weighted by Crippen LogP contribution is -2.37. The number of hydrogen-bond donors (Lipinski definition) is 1. The summed E-state index contributed by atoms with van der Waals surface area (Å²) in [5, 5.41) is 14.8. The lowest BCUT2D eigenvalue weighted by molar-refractivity contribution is -0.159. The van der Waals surface area contributed by atoms with E-state index in [-0.39, 0.29) is 22.9 Å². The number of alkyl halides is 3. The molecular weight excluding hydrogens is 325 g/mol. The van der Waals surface area contributed by atoms with Gasteiger partial charge in [-0.05, 0) is 18.1 Å². The van der Waals surface area contributed by atoms with E-state index in [1.807, 2.05) is 6.07 Å². The monoisotopic (exact) mass is 338 g/mol. The number of nitrogens with zero attached hydrogens (tertiary/aromatic N) is 3. The second kappa shape index (κ2) is 6.70. The molecule has 0 fully saturated rings. The maximum atomic E-state index is 12.4. The van der Waals surface area contributed by atoms with E-state index in [9.17, 15) is 18.0 Å². The van der Waals surface area contributed by atoms with Gasteiger partial charge in [0.1, 0.15) is 6.04 Å². The molecule has 1 N–H and O–H groups in total. The Morgan fingerprint density at radius 2 is 1.92 bits per heavy atom. The van der Waals surface area contributed by atoms with Gasteiger partial charge >= 0.3 is 12.1 Å². The summed E-state index contributed by atoms with van der Waals surface area (Å²) >= 11 is 0. The maximum absolute atomic E-state index is 12.4. The normalized spacial score (nSPS) is 12.7. The van der Waals surface area contributed by atoms with Crippen LogP contribution in [0, 0.1) is 17.2 Å². The number of nitriles is 1. The van der Waals surface area contributed by atoms with E-state index in [0.717, 1.165) is 0 Å². The van der Waals surface area contributed by atoms with E-state index in [1.54, 1.807) is 13.8 Å². The van der Waals surface area contributed by atoms with E-state index in [2.05, 4.69) is 20.0 Å². The van der Waals surface area contributed by atoms with Gasteiger partial charge in [-0.1, -0.05) is 31.1 Å². The molecule has 0 saturated carbocycles. The van der Waals surface area contributed by atoms with Gasteiger partial charge in [-0.3, -0.25) is 4.79 Å². The second-order valence-corrected chi connectivity index (χ2v) is 5.32. The number of halogens is 3. The first-order valence-electron chi connectivity index (χ1n) is 6.94. The Kier molecular flexibility index (Phi) is 4.87. The molecule has 0 aliphatic heterocycles. The third-order valence-corrected chi connectivity index (χ3v) is 3.17. The topological polar surface area (TPSA) is 91.8 Å². The first-order chi connectivity index (χ1) is 11.2. The van der Waals surface area contributed by atoms with Crippen LogP contribution in [-0.4, -0.2) is 22.1 Å². The Bertz CT molecular complexity index is 760. The summed E-state index contributed by atoms with van der Waals surface area (Å²) in [4.78, 5) is 15.3. The molecule has 0 spiro atoms. The molecule has 1 amide bonds. The molecule has 0 aliphatic rings. The van der Waals surface area contributed by atoms with Crippen LogP contribution in [0.25, 0.3) is 11.4 Å². The van der Waals surface area contributed by atoms with Gasteiger partial charge in [-0.2, -0.15) is 23.4 Å². The van der Waals surface area contributed by atoms with E-state index in [4.69, 9.17) is 5.26 Å². The zero-order chi connectivity index (χ0) is 17.9. The summed E-state index contributed by atoms with van der Waals surface area (Å²) < 4.78 is 41.4. The maximum Gasteiger partial charge on any atom is 0.471 e. The van der Waals surface area contributed by atoms with Crippen molar-refractivity contribution in [2.24, 2.45) is 5.92 Å². The fraction of sp³-hybridized carbons (Fsp3) is 0.333. The lowest BCUT2D eigenvalue weighted by atomic mass is 10.0. The SMILES string of the molecule is CC(C)C(C#N)NC(=O)c1ccc(-c2noc(C(F)(F)F)n2)cc1. The first kappa shape index (κ1) is 17.5. The van der Waals surface area contributed by atoms with Gasteiger partial charge in [-0.25, -0.2) is 0 Å². The van der Waals surface area contributed by atoms with Gasteiger partial charge in [0.2, 0.25) is 5.82 Å². The molecule has 126 valence electrons. The van der Waals surface area contributed by atoms with Gasteiger partial charge < -0.3 is 9.84 Å². The Hall–Kier alpha value is -2.89. The van der Waals surface area contributed by atoms with Gasteiger partial charge in [0.15, 0.2) is 0 Å². The Labute approximate surface area is 135 Å². The number of amides is 1. The molecule has 1 unspecified atom stereocenters. The van der Waals surface area contributed by atoms with Crippen LogP contribution in [0.1, 0.15) is 30.1 Å². The van der Waals surface area contributed by atoms with E-state index in [1.165, 1.54) is 24.3 Å². The minimum atomic E-state index is -4.71. The standard InChI is InChI=1S/C15H13F3N4O2/c1-8(2)11(7-19)20-13(23)10-5-3-9(4-6-10)12-21-14(24-22-12)15(16,17)18/h3-6,8,11H,1-2H3,(H,20,23). The molecule has 6 nitrogen and oxygen atoms in total. The smallest absolute Gasteiger partial charge is 0.336 e. The van der Waals surface area contributed by atoms with E-state index >= 15 is 0 Å². The van der Waals surface area contributed by atoms with Crippen molar-refractivity contribution in [1.82, 2.24) is 15.5 Å². The van der Waals surface area contributed by atoms with Crippen LogP contribution in [0.4, 0.5) is 13.2 Å². The highest BCUT2D eigenvalue weighted by molar-refractivity contribution is 5.95. The third kappa shape index (κ3) is 3.90. The van der Waals surface area contributed by atoms with Crippen LogP contribution in [-0.2, 0) is 6.18 Å². The van der Waals surface area contributed by atoms with Gasteiger partial charge in [-0.15, -0.1) is 0 Å². The van der Waals surface area contributed by atoms with Gasteiger partial charge in [0.05, 0.1) is 6.07 Å². The number of benzene rings is 1. The predicted octanol–water partition coefficient (Wildman–Crippen LogP) is 3.03. The molecular formula is C15H13F3N4O2. The largest absolute Gasteiger partial charge is 0.471 e. The highest BCUT2D eigenvalue weighted by Gasteiger charge is 2.38. The number of aromatic nitrogens is 2. The Morgan fingerprint density at radius 3 is 2.38 bits per heavy atom. The molecule has 1 atom stereocenters. The molecule has 2 aromatic rings. The van der Waals surface area contributed by atoms with Crippen LogP contribution >= 0.6 is 0 Å². The van der Waals surface area contributed by atoms with Crippen LogP contribution in [0.2, 0.25) is 0 Å². The van der Waals surface area contributed by atoms with Crippen LogP contribution in [0.15, 0.2) is 28.8 Å².